The zero-order valence-electron chi connectivity index (χ0n) is 18.4. The number of benzene rings is 1. The molecular weight excluding hydrogens is 479 g/mol. The van der Waals surface area contributed by atoms with Crippen molar-refractivity contribution < 1.29 is 26.7 Å². The molecule has 0 unspecified atom stereocenters. The van der Waals surface area contributed by atoms with Gasteiger partial charge in [0.05, 0.1) is 17.7 Å². The molecule has 182 valence electrons. The average Bonchev–Trinajstić information content (AvgIpc) is 2.77. The number of ether oxygens (including phenoxy) is 1. The van der Waals surface area contributed by atoms with Gasteiger partial charge in [-0.1, -0.05) is 37.4 Å². The van der Waals surface area contributed by atoms with Crippen molar-refractivity contribution in [2.75, 3.05) is 11.9 Å². The summed E-state index contributed by atoms with van der Waals surface area (Å²) in [6, 6.07) is 4.57. The van der Waals surface area contributed by atoms with Crippen LogP contribution in [-0.2, 0) is 0 Å². The van der Waals surface area contributed by atoms with Crippen molar-refractivity contribution in [3.05, 3.63) is 53.3 Å². The molecule has 34 heavy (non-hydrogen) atoms. The van der Waals surface area contributed by atoms with Crippen molar-refractivity contribution in [3.63, 3.8) is 0 Å². The number of hydrogen-bond acceptors (Lipinski definition) is 5. The van der Waals surface area contributed by atoms with Crippen molar-refractivity contribution >= 4 is 17.4 Å². The minimum Gasteiger partial charge on any atom is -0.493 e. The van der Waals surface area contributed by atoms with E-state index in [1.54, 1.807) is 12.1 Å². The van der Waals surface area contributed by atoms with Gasteiger partial charge >= 0.3 is 6.18 Å². The number of alkyl halides is 3. The Morgan fingerprint density at radius 2 is 1.76 bits per heavy atom. The standard InChI is InChI=1S/C23H22ClF5N4O/c1-3-4-7-10-34-14-11-15(25)18(16(26)12-14)19-20(24)32-21(17-8-5-6-9-30-17)33-22(19)31-13(2)23(27,28)29/h5-6,8-9,11-13H,3-4,7,10H2,1-2H3,(H,31,32,33)/t13-/m0/s1. The van der Waals surface area contributed by atoms with Crippen molar-refractivity contribution in [1.82, 2.24) is 15.0 Å². The molecule has 0 fully saturated rings. The van der Waals surface area contributed by atoms with Crippen molar-refractivity contribution in [2.45, 2.75) is 45.3 Å². The van der Waals surface area contributed by atoms with E-state index in [1.165, 1.54) is 12.3 Å². The third-order valence-electron chi connectivity index (χ3n) is 4.89. The fraction of sp³-hybridized carbons (Fsp3) is 0.348. The average molecular weight is 501 g/mol. The van der Waals surface area contributed by atoms with Gasteiger partial charge < -0.3 is 10.1 Å². The van der Waals surface area contributed by atoms with Crippen LogP contribution < -0.4 is 10.1 Å². The topological polar surface area (TPSA) is 59.9 Å². The van der Waals surface area contributed by atoms with Crippen LogP contribution in [0.15, 0.2) is 36.5 Å². The smallest absolute Gasteiger partial charge is 0.408 e. The highest BCUT2D eigenvalue weighted by molar-refractivity contribution is 6.32. The van der Waals surface area contributed by atoms with Gasteiger partial charge in [0.15, 0.2) is 5.82 Å². The second-order valence-electron chi connectivity index (χ2n) is 7.50. The molecule has 2 heterocycles. The van der Waals surface area contributed by atoms with Gasteiger partial charge in [-0.05, 0) is 25.5 Å². The van der Waals surface area contributed by atoms with Crippen LogP contribution in [0.3, 0.4) is 0 Å². The lowest BCUT2D eigenvalue weighted by Crippen LogP contribution is -2.33. The number of unbranched alkanes of at least 4 members (excludes halogenated alkanes) is 2. The number of aromatic nitrogens is 3. The quantitative estimate of drug-likeness (QED) is 0.193. The molecule has 2 aromatic heterocycles. The molecule has 0 amide bonds. The van der Waals surface area contributed by atoms with E-state index in [4.69, 9.17) is 16.3 Å². The Balaban J connectivity index is 2.09. The van der Waals surface area contributed by atoms with Gasteiger partial charge in [0.25, 0.3) is 0 Å². The molecule has 1 aromatic carbocycles. The van der Waals surface area contributed by atoms with E-state index >= 15 is 8.78 Å². The Kier molecular flexibility index (Phi) is 8.24. The predicted molar refractivity (Wildman–Crippen MR) is 120 cm³/mol. The maximum absolute atomic E-state index is 15.0. The summed E-state index contributed by atoms with van der Waals surface area (Å²) in [5.41, 5.74) is -0.893. The number of anilines is 1. The summed E-state index contributed by atoms with van der Waals surface area (Å²) < 4.78 is 75.2. The molecule has 1 N–H and O–H groups in total. The number of pyridine rings is 1. The summed E-state index contributed by atoms with van der Waals surface area (Å²) >= 11 is 6.25. The van der Waals surface area contributed by atoms with Crippen LogP contribution in [0.25, 0.3) is 22.6 Å². The second-order valence-corrected chi connectivity index (χ2v) is 7.86. The first kappa shape index (κ1) is 25.6. The second kappa shape index (κ2) is 10.9. The molecule has 0 saturated heterocycles. The molecule has 5 nitrogen and oxygen atoms in total. The molecular formula is C23H22ClF5N4O. The van der Waals surface area contributed by atoms with E-state index in [-0.39, 0.29) is 23.9 Å². The first-order valence-corrected chi connectivity index (χ1v) is 10.9. The third-order valence-corrected chi connectivity index (χ3v) is 5.16. The number of hydrogen-bond donors (Lipinski definition) is 1. The SMILES string of the molecule is CCCCCOc1cc(F)c(-c2c(Cl)nc(-c3ccccn3)nc2N[C@@H](C)C(F)(F)F)c(F)c1. The molecule has 0 aliphatic rings. The summed E-state index contributed by atoms with van der Waals surface area (Å²) in [6.07, 6.45) is -0.674. The molecule has 0 aliphatic heterocycles. The van der Waals surface area contributed by atoms with E-state index in [0.717, 1.165) is 31.9 Å². The van der Waals surface area contributed by atoms with Gasteiger partial charge in [0.1, 0.15) is 40.1 Å². The van der Waals surface area contributed by atoms with E-state index in [0.29, 0.717) is 6.42 Å². The number of nitrogens with one attached hydrogen (secondary N) is 1. The molecule has 0 spiro atoms. The highest BCUT2D eigenvalue weighted by Crippen LogP contribution is 2.40. The normalized spacial score (nSPS) is 12.5. The van der Waals surface area contributed by atoms with Gasteiger partial charge in [-0.15, -0.1) is 0 Å². The molecule has 3 aromatic rings. The van der Waals surface area contributed by atoms with Gasteiger partial charge in [0, 0.05) is 18.3 Å². The minimum absolute atomic E-state index is 0.0461. The number of nitrogens with zero attached hydrogens (tertiary/aromatic N) is 3. The lowest BCUT2D eigenvalue weighted by Gasteiger charge is -2.21. The molecule has 0 bridgehead atoms. The van der Waals surface area contributed by atoms with E-state index in [1.807, 2.05) is 6.92 Å². The van der Waals surface area contributed by atoms with E-state index < -0.39 is 46.0 Å². The Labute approximate surface area is 198 Å². The lowest BCUT2D eigenvalue weighted by atomic mass is 10.1. The Hall–Kier alpha value is -3.01. The van der Waals surface area contributed by atoms with Gasteiger partial charge in [-0.3, -0.25) is 4.98 Å². The zero-order chi connectivity index (χ0) is 24.9. The van der Waals surface area contributed by atoms with Crippen molar-refractivity contribution in [1.29, 1.82) is 0 Å². The highest BCUT2D eigenvalue weighted by Gasteiger charge is 2.37. The highest BCUT2D eigenvalue weighted by atomic mass is 35.5. The molecule has 1 atom stereocenters. The Morgan fingerprint density at radius 1 is 1.06 bits per heavy atom. The monoisotopic (exact) mass is 500 g/mol. The summed E-state index contributed by atoms with van der Waals surface area (Å²) in [7, 11) is 0. The van der Waals surface area contributed by atoms with Crippen LogP contribution in [0.5, 0.6) is 5.75 Å². The van der Waals surface area contributed by atoms with E-state index in [9.17, 15) is 13.2 Å². The van der Waals surface area contributed by atoms with Crippen LogP contribution in [0, 0.1) is 11.6 Å². The predicted octanol–water partition coefficient (Wildman–Crippen LogP) is 7.07. The van der Waals surface area contributed by atoms with Crippen LogP contribution >= 0.6 is 11.6 Å². The minimum atomic E-state index is -4.66. The summed E-state index contributed by atoms with van der Waals surface area (Å²) in [6.45, 7) is 3.12. The van der Waals surface area contributed by atoms with E-state index in [2.05, 4.69) is 20.3 Å². The summed E-state index contributed by atoms with van der Waals surface area (Å²) in [5.74, 6) is -2.80. The first-order valence-electron chi connectivity index (χ1n) is 10.6. The first-order chi connectivity index (χ1) is 16.1. The Morgan fingerprint density at radius 3 is 2.35 bits per heavy atom. The Bertz CT molecular complexity index is 1110. The largest absolute Gasteiger partial charge is 0.493 e. The molecule has 3 rings (SSSR count). The van der Waals surface area contributed by atoms with Gasteiger partial charge in [-0.2, -0.15) is 13.2 Å². The number of rotatable bonds is 9. The number of halogens is 6. The van der Waals surface area contributed by atoms with Crippen LogP contribution in [0.4, 0.5) is 27.8 Å². The fourth-order valence-corrected chi connectivity index (χ4v) is 3.33. The van der Waals surface area contributed by atoms with Gasteiger partial charge in [0.2, 0.25) is 0 Å². The maximum Gasteiger partial charge on any atom is 0.408 e. The van der Waals surface area contributed by atoms with Crippen LogP contribution in [0.2, 0.25) is 5.15 Å². The lowest BCUT2D eigenvalue weighted by molar-refractivity contribution is -0.138. The summed E-state index contributed by atoms with van der Waals surface area (Å²) in [4.78, 5) is 12.2. The van der Waals surface area contributed by atoms with Crippen LogP contribution in [-0.4, -0.2) is 33.8 Å². The molecule has 11 heteroatoms. The molecule has 0 saturated carbocycles. The third kappa shape index (κ3) is 6.11. The fourth-order valence-electron chi connectivity index (χ4n) is 3.07. The van der Waals surface area contributed by atoms with Gasteiger partial charge in [-0.25, -0.2) is 18.7 Å². The zero-order valence-corrected chi connectivity index (χ0v) is 19.1. The van der Waals surface area contributed by atoms with Crippen molar-refractivity contribution in [3.8, 4) is 28.4 Å². The molecule has 0 aliphatic carbocycles. The van der Waals surface area contributed by atoms with Crippen LogP contribution in [0.1, 0.15) is 33.1 Å². The maximum atomic E-state index is 15.0. The molecule has 0 radical (unpaired) electrons. The summed E-state index contributed by atoms with van der Waals surface area (Å²) in [5, 5.41) is 1.72. The van der Waals surface area contributed by atoms with Crippen molar-refractivity contribution in [2.24, 2.45) is 0 Å².